The highest BCUT2D eigenvalue weighted by Gasteiger charge is 2.18. The number of halogens is 1. The molecule has 26 heavy (non-hydrogen) atoms. The number of likely N-dealkylation sites (N-methyl/N-ethyl adjacent to an activating group) is 1. The van der Waals surface area contributed by atoms with E-state index in [4.69, 9.17) is 0 Å². The number of rotatable bonds is 4. The third-order valence-electron chi connectivity index (χ3n) is 4.45. The van der Waals surface area contributed by atoms with Gasteiger partial charge in [0.05, 0.1) is 6.54 Å². The first-order chi connectivity index (χ1) is 12.4. The highest BCUT2D eigenvalue weighted by atomic mass is 19.1. The van der Waals surface area contributed by atoms with Gasteiger partial charge < -0.3 is 15.2 Å². The Hall–Kier alpha value is -3.15. The normalized spacial score (nSPS) is 10.8. The van der Waals surface area contributed by atoms with Crippen LogP contribution in [0.4, 0.5) is 10.1 Å². The van der Waals surface area contributed by atoms with Crippen LogP contribution in [-0.2, 0) is 4.79 Å². The van der Waals surface area contributed by atoms with Gasteiger partial charge in [-0.1, -0.05) is 18.2 Å². The van der Waals surface area contributed by atoms with E-state index in [-0.39, 0.29) is 24.1 Å². The molecule has 3 aromatic rings. The number of amides is 2. The number of nitrogens with one attached hydrogen (secondary N) is 2. The fourth-order valence-corrected chi connectivity index (χ4v) is 2.80. The molecule has 0 fully saturated rings. The first-order valence-corrected chi connectivity index (χ1v) is 8.25. The first-order valence-electron chi connectivity index (χ1n) is 8.25. The van der Waals surface area contributed by atoms with Crippen LogP contribution in [0.15, 0.2) is 42.5 Å². The minimum atomic E-state index is -0.395. The lowest BCUT2D eigenvalue weighted by molar-refractivity contribution is -0.116. The van der Waals surface area contributed by atoms with E-state index in [1.165, 1.54) is 24.1 Å². The van der Waals surface area contributed by atoms with Gasteiger partial charge in [0.1, 0.15) is 11.5 Å². The van der Waals surface area contributed by atoms with Crippen LogP contribution in [0, 0.1) is 19.7 Å². The Morgan fingerprint density at radius 1 is 1.15 bits per heavy atom. The van der Waals surface area contributed by atoms with Gasteiger partial charge in [-0.15, -0.1) is 0 Å². The molecule has 3 rings (SSSR count). The van der Waals surface area contributed by atoms with Crippen molar-refractivity contribution in [2.45, 2.75) is 13.8 Å². The smallest absolute Gasteiger partial charge is 0.270 e. The second-order valence-corrected chi connectivity index (χ2v) is 6.34. The first kappa shape index (κ1) is 17.7. The van der Waals surface area contributed by atoms with E-state index >= 15 is 0 Å². The maximum absolute atomic E-state index is 13.8. The molecule has 134 valence electrons. The minimum Gasteiger partial charge on any atom is -0.350 e. The number of aromatic nitrogens is 1. The molecule has 2 aromatic carbocycles. The Morgan fingerprint density at radius 2 is 1.88 bits per heavy atom. The van der Waals surface area contributed by atoms with E-state index < -0.39 is 5.82 Å². The van der Waals surface area contributed by atoms with Crippen molar-refractivity contribution in [2.24, 2.45) is 0 Å². The molecule has 0 bridgehead atoms. The predicted octanol–water partition coefficient (Wildman–Crippen LogP) is 3.63. The number of hydrogen-bond donors (Lipinski definition) is 2. The summed E-state index contributed by atoms with van der Waals surface area (Å²) in [7, 11) is 1.53. The van der Waals surface area contributed by atoms with Gasteiger partial charge in [0.25, 0.3) is 5.91 Å². The lowest BCUT2D eigenvalue weighted by Crippen LogP contribution is -2.35. The summed E-state index contributed by atoms with van der Waals surface area (Å²) in [4.78, 5) is 29.0. The van der Waals surface area contributed by atoms with Crippen molar-refractivity contribution < 1.29 is 14.0 Å². The predicted molar refractivity (Wildman–Crippen MR) is 99.8 cm³/mol. The van der Waals surface area contributed by atoms with Gasteiger partial charge in [0, 0.05) is 23.6 Å². The standard InChI is InChI=1S/C20H20FN3O2/c1-12-6-4-8-16(13(12)2)23-19(25)11-24(3)20(26)18-10-14-15(21)7-5-9-17(14)22-18/h4-10,22H,11H2,1-3H3,(H,23,25). The second-order valence-electron chi connectivity index (χ2n) is 6.34. The number of fused-ring (bicyclic) bond motifs is 1. The van der Waals surface area contributed by atoms with Crippen molar-refractivity contribution in [2.75, 3.05) is 18.9 Å². The summed E-state index contributed by atoms with van der Waals surface area (Å²) < 4.78 is 13.8. The van der Waals surface area contributed by atoms with E-state index in [1.807, 2.05) is 32.0 Å². The van der Waals surface area contributed by atoms with E-state index in [1.54, 1.807) is 12.1 Å². The third-order valence-corrected chi connectivity index (χ3v) is 4.45. The van der Waals surface area contributed by atoms with Crippen molar-refractivity contribution in [3.8, 4) is 0 Å². The molecule has 0 aliphatic heterocycles. The van der Waals surface area contributed by atoms with Gasteiger partial charge in [-0.05, 0) is 49.2 Å². The van der Waals surface area contributed by atoms with Gasteiger partial charge >= 0.3 is 0 Å². The van der Waals surface area contributed by atoms with Crippen LogP contribution < -0.4 is 5.32 Å². The van der Waals surface area contributed by atoms with Crippen molar-refractivity contribution in [3.05, 3.63) is 65.1 Å². The summed E-state index contributed by atoms with van der Waals surface area (Å²) in [5.41, 5.74) is 3.57. The Kier molecular flexibility index (Phi) is 4.75. The minimum absolute atomic E-state index is 0.107. The summed E-state index contributed by atoms with van der Waals surface area (Å²) in [6.07, 6.45) is 0. The van der Waals surface area contributed by atoms with Crippen LogP contribution in [0.3, 0.4) is 0 Å². The van der Waals surface area contributed by atoms with Crippen molar-refractivity contribution in [1.82, 2.24) is 9.88 Å². The molecular weight excluding hydrogens is 333 g/mol. The van der Waals surface area contributed by atoms with Gasteiger partial charge in [-0.3, -0.25) is 9.59 Å². The average Bonchev–Trinajstić information content (AvgIpc) is 3.04. The topological polar surface area (TPSA) is 65.2 Å². The largest absolute Gasteiger partial charge is 0.350 e. The molecule has 5 nitrogen and oxygen atoms in total. The monoisotopic (exact) mass is 353 g/mol. The van der Waals surface area contributed by atoms with Crippen LogP contribution in [0.1, 0.15) is 21.6 Å². The maximum atomic E-state index is 13.8. The van der Waals surface area contributed by atoms with Crippen LogP contribution in [0.5, 0.6) is 0 Å². The summed E-state index contributed by atoms with van der Waals surface area (Å²) in [5, 5.41) is 3.17. The fraction of sp³-hybridized carbons (Fsp3) is 0.200. The molecule has 0 saturated carbocycles. The molecule has 0 unspecified atom stereocenters. The van der Waals surface area contributed by atoms with E-state index in [0.29, 0.717) is 10.9 Å². The van der Waals surface area contributed by atoms with E-state index in [9.17, 15) is 14.0 Å². The molecule has 0 atom stereocenters. The molecule has 1 aromatic heterocycles. The maximum Gasteiger partial charge on any atom is 0.270 e. The van der Waals surface area contributed by atoms with Gasteiger partial charge in [0.2, 0.25) is 5.91 Å². The van der Waals surface area contributed by atoms with Crippen molar-refractivity contribution in [1.29, 1.82) is 0 Å². The Bertz CT molecular complexity index is 994. The van der Waals surface area contributed by atoms with Gasteiger partial charge in [0.15, 0.2) is 0 Å². The molecule has 2 N–H and O–H groups in total. The molecular formula is C20H20FN3O2. The van der Waals surface area contributed by atoms with E-state index in [0.717, 1.165) is 16.8 Å². The van der Waals surface area contributed by atoms with Crippen molar-refractivity contribution in [3.63, 3.8) is 0 Å². The summed E-state index contributed by atoms with van der Waals surface area (Å²) >= 11 is 0. The van der Waals surface area contributed by atoms with Crippen LogP contribution in [-0.4, -0.2) is 35.3 Å². The number of nitrogens with zero attached hydrogens (tertiary/aromatic N) is 1. The van der Waals surface area contributed by atoms with Gasteiger partial charge in [-0.25, -0.2) is 4.39 Å². The number of benzene rings is 2. The lowest BCUT2D eigenvalue weighted by Gasteiger charge is -2.17. The zero-order chi connectivity index (χ0) is 18.8. The summed E-state index contributed by atoms with van der Waals surface area (Å²) in [6, 6.07) is 11.7. The second kappa shape index (κ2) is 7.00. The number of aromatic amines is 1. The molecule has 6 heteroatoms. The molecule has 1 heterocycles. The molecule has 0 aliphatic carbocycles. The van der Waals surface area contributed by atoms with Crippen LogP contribution in [0.25, 0.3) is 10.9 Å². The zero-order valence-electron chi connectivity index (χ0n) is 14.9. The number of carbonyl (C=O) groups is 2. The number of hydrogen-bond acceptors (Lipinski definition) is 2. The molecule has 0 aliphatic rings. The van der Waals surface area contributed by atoms with Crippen LogP contribution >= 0.6 is 0 Å². The number of aryl methyl sites for hydroxylation is 1. The Morgan fingerprint density at radius 3 is 2.62 bits per heavy atom. The lowest BCUT2D eigenvalue weighted by atomic mass is 10.1. The van der Waals surface area contributed by atoms with E-state index in [2.05, 4.69) is 10.3 Å². The number of carbonyl (C=O) groups excluding carboxylic acids is 2. The SMILES string of the molecule is Cc1cccc(NC(=O)CN(C)C(=O)c2cc3c(F)cccc3[nH]2)c1C. The highest BCUT2D eigenvalue weighted by Crippen LogP contribution is 2.20. The summed E-state index contributed by atoms with van der Waals surface area (Å²) in [6.45, 7) is 3.79. The van der Waals surface area contributed by atoms with Crippen molar-refractivity contribution >= 4 is 28.4 Å². The molecule has 0 spiro atoms. The fourth-order valence-electron chi connectivity index (χ4n) is 2.80. The quantitative estimate of drug-likeness (QED) is 0.752. The molecule has 2 amide bonds. The highest BCUT2D eigenvalue weighted by molar-refractivity contribution is 6.01. The third kappa shape index (κ3) is 3.44. The summed E-state index contributed by atoms with van der Waals surface area (Å²) in [5.74, 6) is -1.07. The number of anilines is 1. The zero-order valence-corrected chi connectivity index (χ0v) is 14.9. The Labute approximate surface area is 150 Å². The number of H-pyrrole nitrogens is 1. The average molecular weight is 353 g/mol. The van der Waals surface area contributed by atoms with Gasteiger partial charge in [-0.2, -0.15) is 0 Å². The Balaban J connectivity index is 1.71. The molecule has 0 saturated heterocycles. The van der Waals surface area contributed by atoms with Crippen LogP contribution in [0.2, 0.25) is 0 Å². The molecule has 0 radical (unpaired) electrons.